The molecular weight excluding hydrogens is 413 g/mol. The second kappa shape index (κ2) is 8.25. The number of hydrogen-bond acceptors (Lipinski definition) is 4. The monoisotopic (exact) mass is 433 g/mol. The number of carbonyl (C=O) groups excluding carboxylic acids is 2. The van der Waals surface area contributed by atoms with Gasteiger partial charge in [-0.15, -0.1) is 0 Å². The summed E-state index contributed by atoms with van der Waals surface area (Å²) in [5.74, 6) is 1.23. The van der Waals surface area contributed by atoms with Gasteiger partial charge in [0.1, 0.15) is 17.1 Å². The van der Waals surface area contributed by atoms with E-state index < -0.39 is 5.60 Å². The van der Waals surface area contributed by atoms with Crippen molar-refractivity contribution in [1.82, 2.24) is 4.90 Å². The van der Waals surface area contributed by atoms with Crippen LogP contribution in [-0.2, 0) is 4.79 Å². The van der Waals surface area contributed by atoms with Crippen molar-refractivity contribution >= 4 is 34.9 Å². The molecule has 1 saturated heterocycles. The molecule has 2 aliphatic heterocycles. The number of Topliss-reactive ketones (excluding diaryl/α,β-unsaturated/α-hetero) is 1. The number of para-hydroxylation sites is 1. The molecule has 1 amide bonds. The van der Waals surface area contributed by atoms with E-state index in [4.69, 9.17) is 32.7 Å². The molecule has 0 unspecified atom stereocenters. The van der Waals surface area contributed by atoms with E-state index in [1.165, 1.54) is 0 Å². The van der Waals surface area contributed by atoms with Crippen LogP contribution in [0.4, 0.5) is 0 Å². The van der Waals surface area contributed by atoms with Gasteiger partial charge in [0.15, 0.2) is 5.78 Å². The Labute approximate surface area is 179 Å². The molecule has 2 aromatic rings. The van der Waals surface area contributed by atoms with Crippen molar-refractivity contribution < 1.29 is 19.1 Å². The van der Waals surface area contributed by atoms with Gasteiger partial charge in [-0.1, -0.05) is 35.3 Å². The molecular formula is C22H21Cl2NO4. The maximum Gasteiger partial charge on any atom is 0.226 e. The van der Waals surface area contributed by atoms with Crippen molar-refractivity contribution in [3.63, 3.8) is 0 Å². The van der Waals surface area contributed by atoms with Crippen LogP contribution in [0.25, 0.3) is 0 Å². The first-order chi connectivity index (χ1) is 14.0. The van der Waals surface area contributed by atoms with Gasteiger partial charge in [0.2, 0.25) is 5.91 Å². The van der Waals surface area contributed by atoms with Crippen LogP contribution in [0.5, 0.6) is 11.5 Å². The summed E-state index contributed by atoms with van der Waals surface area (Å²) < 4.78 is 11.8. The normalized spacial score (nSPS) is 17.6. The number of carbonyl (C=O) groups is 2. The highest BCUT2D eigenvalue weighted by Crippen LogP contribution is 2.40. The SMILES string of the molecule is O=C1CC2(CCN(C(=O)CCOc3ccccc3Cl)CC2)Oc2ccc(Cl)cc21. The first kappa shape index (κ1) is 20.0. The van der Waals surface area contributed by atoms with Gasteiger partial charge in [0, 0.05) is 31.0 Å². The summed E-state index contributed by atoms with van der Waals surface area (Å²) in [6, 6.07) is 12.3. The minimum atomic E-state index is -0.539. The van der Waals surface area contributed by atoms with E-state index in [1.807, 2.05) is 17.0 Å². The molecule has 29 heavy (non-hydrogen) atoms. The zero-order valence-electron chi connectivity index (χ0n) is 15.8. The Morgan fingerprint density at radius 2 is 1.90 bits per heavy atom. The average Bonchev–Trinajstić information content (AvgIpc) is 2.71. The van der Waals surface area contributed by atoms with Crippen molar-refractivity contribution in [3.8, 4) is 11.5 Å². The molecule has 1 spiro atoms. The molecule has 0 aromatic heterocycles. The fourth-order valence-electron chi connectivity index (χ4n) is 3.88. The van der Waals surface area contributed by atoms with Crippen LogP contribution in [-0.4, -0.2) is 41.9 Å². The van der Waals surface area contributed by atoms with Gasteiger partial charge in [-0.3, -0.25) is 9.59 Å². The molecule has 0 saturated carbocycles. The molecule has 0 N–H and O–H groups in total. The van der Waals surface area contributed by atoms with Crippen molar-refractivity contribution in [1.29, 1.82) is 0 Å². The predicted molar refractivity (Wildman–Crippen MR) is 111 cm³/mol. The Hall–Kier alpha value is -2.24. The van der Waals surface area contributed by atoms with Crippen LogP contribution in [0.2, 0.25) is 10.0 Å². The quantitative estimate of drug-likeness (QED) is 0.695. The second-order valence-electron chi connectivity index (χ2n) is 7.44. The van der Waals surface area contributed by atoms with Crippen molar-refractivity contribution in [2.45, 2.75) is 31.3 Å². The Morgan fingerprint density at radius 3 is 2.66 bits per heavy atom. The first-order valence-electron chi connectivity index (χ1n) is 9.63. The number of nitrogens with zero attached hydrogens (tertiary/aromatic N) is 1. The van der Waals surface area contributed by atoms with Gasteiger partial charge < -0.3 is 14.4 Å². The molecule has 2 aliphatic rings. The Kier molecular flexibility index (Phi) is 5.70. The van der Waals surface area contributed by atoms with E-state index in [2.05, 4.69) is 0 Å². The third-order valence-corrected chi connectivity index (χ3v) is 6.04. The van der Waals surface area contributed by atoms with E-state index in [1.54, 1.807) is 30.3 Å². The fourth-order valence-corrected chi connectivity index (χ4v) is 4.24. The van der Waals surface area contributed by atoms with Crippen molar-refractivity contribution in [2.75, 3.05) is 19.7 Å². The number of halogens is 2. The number of ketones is 1. The summed E-state index contributed by atoms with van der Waals surface area (Å²) >= 11 is 12.1. The largest absolute Gasteiger partial charge is 0.491 e. The molecule has 2 heterocycles. The molecule has 0 aliphatic carbocycles. The number of piperidine rings is 1. The second-order valence-corrected chi connectivity index (χ2v) is 8.28. The van der Waals surface area contributed by atoms with Crippen LogP contribution in [0.3, 0.4) is 0 Å². The minimum Gasteiger partial charge on any atom is -0.491 e. The predicted octanol–water partition coefficient (Wildman–Crippen LogP) is 4.79. The number of fused-ring (bicyclic) bond motifs is 1. The highest BCUT2D eigenvalue weighted by Gasteiger charge is 2.43. The maximum atomic E-state index is 12.6. The molecule has 0 atom stereocenters. The highest BCUT2D eigenvalue weighted by atomic mass is 35.5. The Bertz CT molecular complexity index is 938. The highest BCUT2D eigenvalue weighted by molar-refractivity contribution is 6.32. The third-order valence-electron chi connectivity index (χ3n) is 5.49. The molecule has 0 radical (unpaired) electrons. The summed E-state index contributed by atoms with van der Waals surface area (Å²) in [6.45, 7) is 1.38. The average molecular weight is 434 g/mol. The topological polar surface area (TPSA) is 55.8 Å². The minimum absolute atomic E-state index is 0.0289. The number of rotatable bonds is 4. The van der Waals surface area contributed by atoms with Crippen LogP contribution in [0.15, 0.2) is 42.5 Å². The Morgan fingerprint density at radius 1 is 1.14 bits per heavy atom. The molecule has 5 nitrogen and oxygen atoms in total. The zero-order chi connectivity index (χ0) is 20.4. The summed E-state index contributed by atoms with van der Waals surface area (Å²) in [5.41, 5.74) is 0.00121. The summed E-state index contributed by atoms with van der Waals surface area (Å²) in [5, 5.41) is 1.05. The first-order valence-corrected chi connectivity index (χ1v) is 10.4. The fraction of sp³-hybridized carbons (Fsp3) is 0.364. The number of likely N-dealkylation sites (tertiary alicyclic amines) is 1. The third kappa shape index (κ3) is 4.36. The van der Waals surface area contributed by atoms with Crippen LogP contribution >= 0.6 is 23.2 Å². The van der Waals surface area contributed by atoms with Crippen molar-refractivity contribution in [3.05, 3.63) is 58.1 Å². The van der Waals surface area contributed by atoms with E-state index in [9.17, 15) is 9.59 Å². The van der Waals surface area contributed by atoms with E-state index in [0.717, 1.165) is 0 Å². The summed E-state index contributed by atoms with van der Waals surface area (Å²) in [4.78, 5) is 26.9. The van der Waals surface area contributed by atoms with Gasteiger partial charge in [-0.25, -0.2) is 0 Å². The van der Waals surface area contributed by atoms with Crippen LogP contribution in [0, 0.1) is 0 Å². The molecule has 4 rings (SSSR count). The number of hydrogen-bond donors (Lipinski definition) is 0. The Balaban J connectivity index is 1.31. The maximum absolute atomic E-state index is 12.6. The van der Waals surface area contributed by atoms with Crippen LogP contribution in [0.1, 0.15) is 36.0 Å². The van der Waals surface area contributed by atoms with E-state index in [-0.39, 0.29) is 24.7 Å². The molecule has 152 valence electrons. The standard InChI is InChI=1S/C22H21Cl2NO4/c23-15-5-6-19-16(13-15)18(26)14-22(29-19)8-10-25(11-9-22)21(27)7-12-28-20-4-2-1-3-17(20)24/h1-6,13H,7-12,14H2. The van der Waals surface area contributed by atoms with Gasteiger partial charge >= 0.3 is 0 Å². The van der Waals surface area contributed by atoms with Crippen LogP contribution < -0.4 is 9.47 Å². The molecule has 7 heteroatoms. The lowest BCUT2D eigenvalue weighted by atomic mass is 9.82. The van der Waals surface area contributed by atoms with Gasteiger partial charge in [0.05, 0.1) is 30.0 Å². The van der Waals surface area contributed by atoms with Gasteiger partial charge in [-0.2, -0.15) is 0 Å². The van der Waals surface area contributed by atoms with Gasteiger partial charge in [-0.05, 0) is 30.3 Å². The zero-order valence-corrected chi connectivity index (χ0v) is 17.3. The van der Waals surface area contributed by atoms with E-state index >= 15 is 0 Å². The lowest BCUT2D eigenvalue weighted by Gasteiger charge is -2.44. The lowest BCUT2D eigenvalue weighted by molar-refractivity contribution is -0.135. The lowest BCUT2D eigenvalue weighted by Crippen LogP contribution is -2.52. The number of benzene rings is 2. The molecule has 1 fully saturated rings. The van der Waals surface area contributed by atoms with Gasteiger partial charge in [0.25, 0.3) is 0 Å². The number of ether oxygens (including phenoxy) is 2. The van der Waals surface area contributed by atoms with E-state index in [0.29, 0.717) is 59.5 Å². The summed E-state index contributed by atoms with van der Waals surface area (Å²) in [7, 11) is 0. The summed E-state index contributed by atoms with van der Waals surface area (Å²) in [6.07, 6.45) is 1.84. The molecule has 2 aromatic carbocycles. The smallest absolute Gasteiger partial charge is 0.226 e. The molecule has 0 bridgehead atoms. The number of amides is 1. The van der Waals surface area contributed by atoms with Crippen molar-refractivity contribution in [2.24, 2.45) is 0 Å².